The molecular formula is C21H21F6N3O4S. The van der Waals surface area contributed by atoms with Crippen molar-refractivity contribution in [3.05, 3.63) is 59.3 Å². The molecule has 0 unspecified atom stereocenters. The highest BCUT2D eigenvalue weighted by Crippen LogP contribution is 2.44. The van der Waals surface area contributed by atoms with Gasteiger partial charge in [0.2, 0.25) is 10.0 Å². The highest BCUT2D eigenvalue weighted by Gasteiger charge is 2.46. The van der Waals surface area contributed by atoms with Gasteiger partial charge in [-0.25, -0.2) is 8.42 Å². The Morgan fingerprint density at radius 3 is 2.40 bits per heavy atom. The van der Waals surface area contributed by atoms with Crippen LogP contribution in [0.1, 0.15) is 22.9 Å². The number of hydrogen-bond acceptors (Lipinski definition) is 5. The summed E-state index contributed by atoms with van der Waals surface area (Å²) in [7, 11) is -3.48. The van der Waals surface area contributed by atoms with Crippen LogP contribution in [0.25, 0.3) is 10.9 Å². The molecule has 0 fully saturated rings. The van der Waals surface area contributed by atoms with Gasteiger partial charge in [-0.3, -0.25) is 4.72 Å². The minimum absolute atomic E-state index is 0.00681. The van der Waals surface area contributed by atoms with E-state index < -0.39 is 45.1 Å². The van der Waals surface area contributed by atoms with E-state index in [0.717, 1.165) is 24.5 Å². The van der Waals surface area contributed by atoms with Crippen molar-refractivity contribution in [2.45, 2.75) is 18.5 Å². The zero-order chi connectivity index (χ0) is 26.0. The fourth-order valence-electron chi connectivity index (χ4n) is 3.39. The van der Waals surface area contributed by atoms with E-state index in [1.54, 1.807) is 17.1 Å². The van der Waals surface area contributed by atoms with Crippen LogP contribution in [0.4, 0.5) is 32.0 Å². The number of ether oxygens (including phenoxy) is 1. The zero-order valence-corrected chi connectivity index (χ0v) is 18.9. The van der Waals surface area contributed by atoms with Crippen molar-refractivity contribution < 1.29 is 44.6 Å². The van der Waals surface area contributed by atoms with E-state index in [2.05, 4.69) is 10.0 Å². The van der Waals surface area contributed by atoms with E-state index in [0.29, 0.717) is 5.56 Å². The molecular weight excluding hydrogens is 504 g/mol. The van der Waals surface area contributed by atoms with Crippen LogP contribution >= 0.6 is 0 Å². The summed E-state index contributed by atoms with van der Waals surface area (Å²) in [5, 5.41) is 12.5. The van der Waals surface area contributed by atoms with Crippen molar-refractivity contribution in [1.82, 2.24) is 10.3 Å². The number of rotatable bonds is 9. The lowest BCUT2D eigenvalue weighted by Crippen LogP contribution is -2.26. The van der Waals surface area contributed by atoms with Crippen molar-refractivity contribution in [2.75, 3.05) is 30.7 Å². The number of hydrogen-bond donors (Lipinski definition) is 4. The molecule has 1 aromatic heterocycles. The maximum absolute atomic E-state index is 13.2. The van der Waals surface area contributed by atoms with Crippen LogP contribution in [0, 0.1) is 0 Å². The van der Waals surface area contributed by atoms with Crippen LogP contribution < -0.4 is 14.8 Å². The number of sulfonamides is 1. The topological polar surface area (TPSA) is 103 Å². The molecule has 14 heteroatoms. The van der Waals surface area contributed by atoms with Crippen LogP contribution in [0.15, 0.2) is 42.5 Å². The first kappa shape index (κ1) is 26.6. The van der Waals surface area contributed by atoms with Gasteiger partial charge in [-0.05, 0) is 29.8 Å². The Bertz CT molecular complexity index is 1290. The molecule has 1 heterocycles. The molecule has 192 valence electrons. The Hall–Kier alpha value is -2.97. The Morgan fingerprint density at radius 1 is 1.06 bits per heavy atom. The molecule has 4 N–H and O–H groups in total. The third-order valence-corrected chi connectivity index (χ3v) is 5.40. The number of halogens is 6. The zero-order valence-electron chi connectivity index (χ0n) is 18.1. The second-order valence-electron chi connectivity index (χ2n) is 7.65. The summed E-state index contributed by atoms with van der Waals surface area (Å²) in [6.45, 7) is 0.279. The number of benzene rings is 2. The molecule has 0 aliphatic rings. The Kier molecular flexibility index (Phi) is 7.57. The third kappa shape index (κ3) is 7.02. The number of fused-ring (bicyclic) bond motifs is 1. The van der Waals surface area contributed by atoms with E-state index in [9.17, 15) is 39.9 Å². The van der Waals surface area contributed by atoms with Crippen LogP contribution in [0.3, 0.4) is 0 Å². The fourth-order valence-corrected chi connectivity index (χ4v) is 3.95. The molecule has 3 rings (SSSR count). The number of H-pyrrole nitrogens is 1. The molecule has 3 aromatic rings. The van der Waals surface area contributed by atoms with Crippen LogP contribution in [0.2, 0.25) is 0 Å². The molecule has 0 aliphatic carbocycles. The van der Waals surface area contributed by atoms with E-state index in [1.807, 2.05) is 0 Å². The van der Waals surface area contributed by atoms with Gasteiger partial charge in [0.1, 0.15) is 18.1 Å². The summed E-state index contributed by atoms with van der Waals surface area (Å²) >= 11 is 0. The third-order valence-electron chi connectivity index (χ3n) is 4.80. The summed E-state index contributed by atoms with van der Waals surface area (Å²) in [6.07, 6.45) is -10.4. The lowest BCUT2D eigenvalue weighted by Gasteiger charge is -2.14. The number of aliphatic hydroxyl groups excluding tert-OH is 1. The number of aliphatic hydroxyl groups is 1. The van der Waals surface area contributed by atoms with Gasteiger partial charge in [-0.2, -0.15) is 26.3 Å². The molecule has 0 amide bonds. The quantitative estimate of drug-likeness (QED) is 0.247. The first-order chi connectivity index (χ1) is 16.1. The Labute approximate surface area is 196 Å². The van der Waals surface area contributed by atoms with Crippen LogP contribution in [0.5, 0.6) is 5.75 Å². The Balaban J connectivity index is 1.58. The highest BCUT2D eigenvalue weighted by atomic mass is 32.2. The summed E-state index contributed by atoms with van der Waals surface area (Å²) in [5.74, 6) is 0.0584. The number of aromatic amines is 1. The number of alkyl halides is 6. The molecule has 0 saturated carbocycles. The monoisotopic (exact) mass is 525 g/mol. The first-order valence-corrected chi connectivity index (χ1v) is 11.9. The molecule has 35 heavy (non-hydrogen) atoms. The molecule has 7 nitrogen and oxygen atoms in total. The van der Waals surface area contributed by atoms with Crippen LogP contribution in [-0.2, 0) is 22.4 Å². The first-order valence-electron chi connectivity index (χ1n) is 10.0. The number of aromatic nitrogens is 1. The van der Waals surface area contributed by atoms with Gasteiger partial charge in [0.05, 0.1) is 23.4 Å². The minimum Gasteiger partial charge on any atom is -0.492 e. The van der Waals surface area contributed by atoms with Crippen molar-refractivity contribution in [3.8, 4) is 5.75 Å². The predicted octanol–water partition coefficient (Wildman–Crippen LogP) is 4.28. The molecule has 0 radical (unpaired) electrons. The van der Waals surface area contributed by atoms with Gasteiger partial charge < -0.3 is 20.1 Å². The predicted molar refractivity (Wildman–Crippen MR) is 117 cm³/mol. The average molecular weight is 525 g/mol. The van der Waals surface area contributed by atoms with E-state index in [-0.39, 0.29) is 36.6 Å². The number of nitrogens with one attached hydrogen (secondary N) is 3. The average Bonchev–Trinajstić information content (AvgIpc) is 3.12. The molecule has 0 bridgehead atoms. The lowest BCUT2D eigenvalue weighted by molar-refractivity contribution is -0.163. The summed E-state index contributed by atoms with van der Waals surface area (Å²) in [6, 6.07) is 9.27. The molecule has 0 aliphatic heterocycles. The van der Waals surface area contributed by atoms with Crippen LogP contribution in [-0.4, -0.2) is 44.5 Å². The summed E-state index contributed by atoms with van der Waals surface area (Å²) in [4.78, 5) is 1.79. The SMILES string of the molecule is CS(=O)(=O)Nc1cccc([C@@H](O)CNCCOc2ccc3c(C(F)(F)F)c(C(F)(F)F)[nH]c3c2)c1. The standard InChI is InChI=1S/C21H21F6N3O4S/c1-35(32,33)30-13-4-2-3-12(9-13)17(31)11-28-7-8-34-14-5-6-15-16(10-14)29-19(21(25,26)27)18(15)20(22,23)24/h2-6,9-10,17,28-31H,7-8,11H2,1H3/t17-/m0/s1. The maximum Gasteiger partial charge on any atom is 0.431 e. The second-order valence-corrected chi connectivity index (χ2v) is 9.39. The van der Waals surface area contributed by atoms with E-state index in [4.69, 9.17) is 4.74 Å². The van der Waals surface area contributed by atoms with E-state index in [1.165, 1.54) is 12.1 Å². The largest absolute Gasteiger partial charge is 0.492 e. The Morgan fingerprint density at radius 2 is 1.77 bits per heavy atom. The van der Waals surface area contributed by atoms with Crippen molar-refractivity contribution in [1.29, 1.82) is 0 Å². The van der Waals surface area contributed by atoms with Gasteiger partial charge in [-0.15, -0.1) is 0 Å². The summed E-state index contributed by atoms with van der Waals surface area (Å²) < 4.78 is 109. The molecule has 2 aromatic carbocycles. The van der Waals surface area contributed by atoms with Gasteiger partial charge in [-0.1, -0.05) is 12.1 Å². The van der Waals surface area contributed by atoms with Crippen molar-refractivity contribution in [2.24, 2.45) is 0 Å². The highest BCUT2D eigenvalue weighted by molar-refractivity contribution is 7.92. The molecule has 0 saturated heterocycles. The smallest absolute Gasteiger partial charge is 0.431 e. The van der Waals surface area contributed by atoms with Crippen molar-refractivity contribution >= 4 is 26.6 Å². The maximum atomic E-state index is 13.2. The molecule has 1 atom stereocenters. The normalized spacial score (nSPS) is 13.7. The summed E-state index contributed by atoms with van der Waals surface area (Å²) in [5.41, 5.74) is -3.28. The van der Waals surface area contributed by atoms with Crippen molar-refractivity contribution in [3.63, 3.8) is 0 Å². The van der Waals surface area contributed by atoms with Gasteiger partial charge in [0.25, 0.3) is 0 Å². The van der Waals surface area contributed by atoms with Gasteiger partial charge in [0.15, 0.2) is 0 Å². The second kappa shape index (κ2) is 9.95. The minimum atomic E-state index is -5.21. The van der Waals surface area contributed by atoms with E-state index >= 15 is 0 Å². The lowest BCUT2D eigenvalue weighted by atomic mass is 10.1. The molecule has 0 spiro atoms. The number of anilines is 1. The fraction of sp³-hybridized carbons (Fsp3) is 0.333. The van der Waals surface area contributed by atoms with Gasteiger partial charge in [0, 0.05) is 30.2 Å². The van der Waals surface area contributed by atoms with Gasteiger partial charge >= 0.3 is 12.4 Å².